The van der Waals surface area contributed by atoms with Crippen LogP contribution in [0.1, 0.15) is 68.5 Å². The van der Waals surface area contributed by atoms with Crippen LogP contribution in [-0.2, 0) is 0 Å². The molecule has 548 valence electrons. The fourth-order valence-electron chi connectivity index (χ4n) is 17.8. The molecule has 15 aromatic carbocycles. The van der Waals surface area contributed by atoms with E-state index >= 15 is 0 Å². The number of nitrogens with zero attached hydrogens (tertiary/aromatic N) is 14. The monoisotopic (exact) mass is 1520 g/mol. The molecule has 120 heavy (non-hydrogen) atoms. The van der Waals surface area contributed by atoms with E-state index in [9.17, 15) is 52.6 Å². The molecule has 0 saturated heterocycles. The topological polar surface area (TPSA) is 258 Å². The molecule has 19 aromatic rings. The van der Waals surface area contributed by atoms with Crippen molar-refractivity contribution < 1.29 is 0 Å². The highest BCUT2D eigenvalue weighted by molar-refractivity contribution is 6.16. The highest BCUT2D eigenvalue weighted by Gasteiger charge is 2.28. The highest BCUT2D eigenvalue weighted by atomic mass is 15.0. The minimum atomic E-state index is 0.286. The second-order valence-electron chi connectivity index (χ2n) is 29.9. The summed E-state index contributed by atoms with van der Waals surface area (Å²) < 4.78 is 8.44. The number of allylic oxidation sites excluding steroid dienone is 4. The van der Waals surface area contributed by atoms with Crippen LogP contribution in [0, 0.1) is 113 Å². The van der Waals surface area contributed by atoms with Gasteiger partial charge < -0.3 is 18.3 Å². The lowest BCUT2D eigenvalue weighted by molar-refractivity contribution is 1.04. The lowest BCUT2D eigenvalue weighted by Gasteiger charge is -2.19. The van der Waals surface area contributed by atoms with Crippen molar-refractivity contribution in [3.05, 3.63) is 365 Å². The van der Waals surface area contributed by atoms with Crippen LogP contribution in [0.15, 0.2) is 309 Å². The SMILES string of the molecule is N#CC1=CCCC(c2ccc3c(c2)c2cc(-c4cc(C#N)cc(-c5ccc6c7ccccc7n(-c7cc(-c8cc(C#N)cc(C#N)c8)cc(-n8c9ccccc9c9ccc(-c%10cccc(C#N)c%10)cc98)c7C#N)c6c5)c4)ccc2n3-c2cc(-c3cc(C#N)cc(C#N)c3)cc(-n3c4ccccc4c4cc(-c5cccc(C#N)c5)ccc43)c2C#N)=C1. The van der Waals surface area contributed by atoms with Gasteiger partial charge in [-0.05, 0) is 267 Å². The molecule has 1 aliphatic rings. The summed E-state index contributed by atoms with van der Waals surface area (Å²) in [5.41, 5.74) is 23.0. The molecular formula is C106H54N14. The Labute approximate surface area is 687 Å². The number of para-hydroxylation sites is 3. The number of benzene rings is 15. The van der Waals surface area contributed by atoms with Gasteiger partial charge in [0.25, 0.3) is 0 Å². The molecule has 0 atom stereocenters. The molecule has 0 bridgehead atoms. The summed E-state index contributed by atoms with van der Waals surface area (Å²) in [4.78, 5) is 0. The van der Waals surface area contributed by atoms with E-state index in [1.54, 1.807) is 48.5 Å². The zero-order valence-corrected chi connectivity index (χ0v) is 63.5. The van der Waals surface area contributed by atoms with Gasteiger partial charge in [0.15, 0.2) is 0 Å². The zero-order valence-electron chi connectivity index (χ0n) is 63.5. The van der Waals surface area contributed by atoms with Gasteiger partial charge in [0.05, 0.1) is 154 Å². The molecule has 0 N–H and O–H groups in total. The Morgan fingerprint density at radius 1 is 0.200 bits per heavy atom. The molecule has 1 aliphatic carbocycles. The fraction of sp³-hybridized carbons (Fsp3) is 0.0189. The number of hydrogen-bond acceptors (Lipinski definition) is 10. The normalized spacial score (nSPS) is 11.8. The van der Waals surface area contributed by atoms with E-state index in [-0.39, 0.29) is 22.3 Å². The van der Waals surface area contributed by atoms with Gasteiger partial charge in [-0.1, -0.05) is 127 Å². The molecule has 0 fully saturated rings. The first-order valence-corrected chi connectivity index (χ1v) is 38.6. The Morgan fingerprint density at radius 3 is 0.917 bits per heavy atom. The summed E-state index contributed by atoms with van der Waals surface area (Å²) in [6, 6.07) is 118. The molecule has 4 aromatic heterocycles. The number of aromatic nitrogens is 4. The summed E-state index contributed by atoms with van der Waals surface area (Å²) in [6.45, 7) is 0. The molecule has 14 nitrogen and oxygen atoms in total. The third-order valence-corrected chi connectivity index (χ3v) is 23.2. The van der Waals surface area contributed by atoms with Crippen molar-refractivity contribution in [1.82, 2.24) is 18.3 Å². The van der Waals surface area contributed by atoms with Crippen LogP contribution in [0.3, 0.4) is 0 Å². The van der Waals surface area contributed by atoms with Crippen molar-refractivity contribution in [2.75, 3.05) is 0 Å². The first-order chi connectivity index (χ1) is 58.9. The molecule has 14 heteroatoms. The van der Waals surface area contributed by atoms with Gasteiger partial charge in [-0.25, -0.2) is 0 Å². The van der Waals surface area contributed by atoms with Crippen molar-refractivity contribution in [3.8, 4) is 150 Å². The Balaban J connectivity index is 0.797. The predicted octanol–water partition coefficient (Wildman–Crippen LogP) is 24.5. The first kappa shape index (κ1) is 71.0. The molecule has 4 heterocycles. The largest absolute Gasteiger partial charge is 0.308 e. The average molecular weight is 1520 g/mol. The molecule has 0 spiro atoms. The Kier molecular flexibility index (Phi) is 16.9. The summed E-state index contributed by atoms with van der Waals surface area (Å²) in [5, 5.41) is 115. The number of rotatable bonds is 11. The van der Waals surface area contributed by atoms with Gasteiger partial charge in [-0.3, -0.25) is 0 Å². The van der Waals surface area contributed by atoms with Crippen molar-refractivity contribution in [2.24, 2.45) is 0 Å². The van der Waals surface area contributed by atoms with E-state index in [2.05, 4.69) is 164 Å². The van der Waals surface area contributed by atoms with Gasteiger partial charge in [0.1, 0.15) is 23.3 Å². The van der Waals surface area contributed by atoms with Crippen LogP contribution in [0.4, 0.5) is 0 Å². The second-order valence-corrected chi connectivity index (χ2v) is 29.9. The van der Waals surface area contributed by atoms with E-state index in [1.807, 2.05) is 170 Å². The molecular weight excluding hydrogens is 1470 g/mol. The summed E-state index contributed by atoms with van der Waals surface area (Å²) in [5.74, 6) is 0. The Morgan fingerprint density at radius 2 is 0.500 bits per heavy atom. The quantitative estimate of drug-likeness (QED) is 0.118. The van der Waals surface area contributed by atoms with Crippen LogP contribution in [0.2, 0.25) is 0 Å². The van der Waals surface area contributed by atoms with Crippen LogP contribution in [0.5, 0.6) is 0 Å². The third-order valence-electron chi connectivity index (χ3n) is 23.2. The van der Waals surface area contributed by atoms with E-state index in [1.165, 1.54) is 0 Å². The van der Waals surface area contributed by atoms with Crippen molar-refractivity contribution in [1.29, 1.82) is 52.6 Å². The van der Waals surface area contributed by atoms with E-state index in [0.717, 1.165) is 143 Å². The maximum atomic E-state index is 12.1. The number of hydrogen-bond donors (Lipinski definition) is 0. The zero-order chi connectivity index (χ0) is 81.6. The summed E-state index contributed by atoms with van der Waals surface area (Å²) in [7, 11) is 0. The minimum absolute atomic E-state index is 0.286. The van der Waals surface area contributed by atoms with Crippen molar-refractivity contribution in [3.63, 3.8) is 0 Å². The second kappa shape index (κ2) is 28.5. The predicted molar refractivity (Wildman–Crippen MR) is 470 cm³/mol. The maximum Gasteiger partial charge on any atom is 0.104 e. The molecule has 0 radical (unpaired) electrons. The average Bonchev–Trinajstić information content (AvgIpc) is 1.56. The fourth-order valence-corrected chi connectivity index (χ4v) is 17.8. The van der Waals surface area contributed by atoms with Gasteiger partial charge in [0.2, 0.25) is 0 Å². The molecule has 0 aliphatic heterocycles. The van der Waals surface area contributed by atoms with Crippen LogP contribution in [-0.4, -0.2) is 18.3 Å². The minimum Gasteiger partial charge on any atom is -0.308 e. The van der Waals surface area contributed by atoms with Crippen LogP contribution < -0.4 is 0 Å². The van der Waals surface area contributed by atoms with Crippen LogP contribution >= 0.6 is 0 Å². The highest BCUT2D eigenvalue weighted by Crippen LogP contribution is 2.47. The van der Waals surface area contributed by atoms with E-state index < -0.39 is 0 Å². The molecule has 20 rings (SSSR count). The summed E-state index contributed by atoms with van der Waals surface area (Å²) >= 11 is 0. The molecule has 0 amide bonds. The first-order valence-electron chi connectivity index (χ1n) is 38.6. The third kappa shape index (κ3) is 11.6. The van der Waals surface area contributed by atoms with E-state index in [0.29, 0.717) is 91.2 Å². The standard InChI is InChI=1S/C106H54N14/c107-53-63-10-7-13-71(34-63)74-24-29-98-90(44-74)87-18-3-6-21-97(87)117(98)103-49-83(79-37-66(56-110)32-67(38-79)57-111)50-104(93(103)61-115)118-99-30-25-75(72-14-8-11-64(35-72)54-108)45-91(99)92-46-76(26-31-100(92)118)81-41-70(60-114)42-82(43-81)78-23-28-89-86-17-2-5-20-96(86)120(102(89)48-78)106-52-84(80-39-68(58-112)33-69(40-80)59-113)51-105(94(106)62-116)119-95-19-4-1-16-85(95)88-27-22-77(47-101(88)119)73-15-9-12-65(36-73)55-109/h1-7,9-13,15-52H,8,14H2. The number of fused-ring (bicyclic) bond motifs is 12. The van der Waals surface area contributed by atoms with Crippen molar-refractivity contribution >= 4 is 92.8 Å². The summed E-state index contributed by atoms with van der Waals surface area (Å²) in [6.07, 6.45) is 5.26. The Hall–Kier alpha value is -18.1. The van der Waals surface area contributed by atoms with Gasteiger partial charge in [-0.15, -0.1) is 0 Å². The molecule has 0 saturated carbocycles. The van der Waals surface area contributed by atoms with Gasteiger partial charge >= 0.3 is 0 Å². The lowest BCUT2D eigenvalue weighted by atomic mass is 9.92. The van der Waals surface area contributed by atoms with Gasteiger partial charge in [-0.2, -0.15) is 52.6 Å². The Bertz CT molecular complexity index is 8310. The lowest BCUT2D eigenvalue weighted by Crippen LogP contribution is -2.05. The van der Waals surface area contributed by atoms with E-state index in [4.69, 9.17) is 0 Å². The van der Waals surface area contributed by atoms with Gasteiger partial charge in [0, 0.05) is 48.7 Å². The maximum absolute atomic E-state index is 12.1. The smallest absolute Gasteiger partial charge is 0.104 e. The van der Waals surface area contributed by atoms with Crippen LogP contribution in [0.25, 0.3) is 182 Å². The molecule has 0 unspecified atom stereocenters. The van der Waals surface area contributed by atoms with Crippen molar-refractivity contribution in [2.45, 2.75) is 12.8 Å². The number of nitriles is 10.